The SMILES string of the molecule is O=C(CC1(C(=O)NC2CCCCC2)CC1)c1ccc(/C=C/C(c2cc(Cl)c(Cl)c(Cl)c2)C(F)(F)F)cc1Br. The summed E-state index contributed by atoms with van der Waals surface area (Å²) in [7, 11) is 0. The summed E-state index contributed by atoms with van der Waals surface area (Å²) in [6.45, 7) is 0. The van der Waals surface area contributed by atoms with Crippen molar-refractivity contribution < 1.29 is 22.8 Å². The van der Waals surface area contributed by atoms with Crippen LogP contribution in [0.5, 0.6) is 0 Å². The van der Waals surface area contributed by atoms with E-state index in [4.69, 9.17) is 34.8 Å². The number of carbonyl (C=O) groups excluding carboxylic acids is 2. The van der Waals surface area contributed by atoms with E-state index in [-0.39, 0.29) is 44.8 Å². The molecule has 1 atom stereocenters. The summed E-state index contributed by atoms with van der Waals surface area (Å²) < 4.78 is 42.0. The van der Waals surface area contributed by atoms with E-state index in [1.807, 2.05) is 0 Å². The fourth-order valence-corrected chi connectivity index (χ4v) is 6.09. The third-order valence-electron chi connectivity index (χ3n) is 7.27. The molecule has 4 rings (SSSR count). The van der Waals surface area contributed by atoms with E-state index < -0.39 is 17.5 Å². The molecule has 0 aliphatic heterocycles. The summed E-state index contributed by atoms with van der Waals surface area (Å²) in [5, 5.41) is 3.00. The van der Waals surface area contributed by atoms with Crippen molar-refractivity contribution in [1.29, 1.82) is 0 Å². The quantitative estimate of drug-likeness (QED) is 0.228. The number of alkyl halides is 3. The summed E-state index contributed by atoms with van der Waals surface area (Å²) in [5.41, 5.74) is 0.0564. The van der Waals surface area contributed by atoms with Gasteiger partial charge in [0.15, 0.2) is 5.78 Å². The van der Waals surface area contributed by atoms with Crippen LogP contribution >= 0.6 is 50.7 Å². The van der Waals surface area contributed by atoms with Crippen LogP contribution in [-0.4, -0.2) is 23.9 Å². The van der Waals surface area contributed by atoms with E-state index in [1.165, 1.54) is 12.5 Å². The molecule has 0 bridgehead atoms. The van der Waals surface area contributed by atoms with Crippen molar-refractivity contribution in [2.45, 2.75) is 69.5 Å². The van der Waals surface area contributed by atoms with E-state index in [2.05, 4.69) is 21.2 Å². The van der Waals surface area contributed by atoms with Gasteiger partial charge in [-0.15, -0.1) is 0 Å². The van der Waals surface area contributed by atoms with Crippen LogP contribution in [0, 0.1) is 5.41 Å². The van der Waals surface area contributed by atoms with Gasteiger partial charge in [-0.3, -0.25) is 9.59 Å². The van der Waals surface area contributed by atoms with E-state index in [0.29, 0.717) is 28.4 Å². The zero-order valence-corrected chi connectivity index (χ0v) is 24.2. The Morgan fingerprint density at radius 1 is 1.05 bits per heavy atom. The van der Waals surface area contributed by atoms with Crippen LogP contribution in [0.25, 0.3) is 6.08 Å². The van der Waals surface area contributed by atoms with Crippen molar-refractivity contribution in [3.05, 3.63) is 72.6 Å². The first-order chi connectivity index (χ1) is 17.9. The van der Waals surface area contributed by atoms with Gasteiger partial charge in [0.1, 0.15) is 0 Å². The van der Waals surface area contributed by atoms with Crippen LogP contribution < -0.4 is 5.32 Å². The lowest BCUT2D eigenvalue weighted by Crippen LogP contribution is -2.41. The predicted molar refractivity (Wildman–Crippen MR) is 149 cm³/mol. The van der Waals surface area contributed by atoms with Crippen LogP contribution in [-0.2, 0) is 4.79 Å². The Morgan fingerprint density at radius 3 is 2.24 bits per heavy atom. The Balaban J connectivity index is 1.46. The second-order valence-corrected chi connectivity index (χ2v) is 12.2. The molecular weight excluding hydrogens is 626 g/mol. The summed E-state index contributed by atoms with van der Waals surface area (Å²) >= 11 is 21.2. The minimum absolute atomic E-state index is 0.00869. The van der Waals surface area contributed by atoms with Gasteiger partial charge in [-0.2, -0.15) is 13.2 Å². The molecule has 0 aromatic heterocycles. The van der Waals surface area contributed by atoms with E-state index >= 15 is 0 Å². The van der Waals surface area contributed by atoms with Crippen molar-refractivity contribution in [2.75, 3.05) is 0 Å². The van der Waals surface area contributed by atoms with Gasteiger partial charge in [0.25, 0.3) is 0 Å². The van der Waals surface area contributed by atoms with Gasteiger partial charge in [-0.05, 0) is 61.1 Å². The monoisotopic (exact) mass is 649 g/mol. The second-order valence-electron chi connectivity index (χ2n) is 10.1. The second kappa shape index (κ2) is 11.9. The molecule has 2 saturated carbocycles. The molecule has 38 heavy (non-hydrogen) atoms. The summed E-state index contributed by atoms with van der Waals surface area (Å²) in [5.74, 6) is -2.19. The number of ketones is 1. The third kappa shape index (κ3) is 6.96. The van der Waals surface area contributed by atoms with Crippen molar-refractivity contribution in [1.82, 2.24) is 5.32 Å². The average Bonchev–Trinajstić information content (AvgIpc) is 3.63. The van der Waals surface area contributed by atoms with E-state index in [1.54, 1.807) is 18.2 Å². The molecule has 3 nitrogen and oxygen atoms in total. The van der Waals surface area contributed by atoms with Crippen molar-refractivity contribution in [3.63, 3.8) is 0 Å². The fourth-order valence-electron chi connectivity index (χ4n) is 4.86. The maximum absolute atomic E-state index is 13.8. The average molecular weight is 652 g/mol. The third-order valence-corrected chi connectivity index (χ3v) is 9.12. The molecule has 2 aliphatic carbocycles. The Morgan fingerprint density at radius 2 is 1.68 bits per heavy atom. The smallest absolute Gasteiger partial charge is 0.353 e. The molecule has 1 unspecified atom stereocenters. The fraction of sp³-hybridized carbons (Fsp3) is 0.429. The highest BCUT2D eigenvalue weighted by Crippen LogP contribution is 2.50. The van der Waals surface area contributed by atoms with Gasteiger partial charge < -0.3 is 5.32 Å². The summed E-state index contributed by atoms with van der Waals surface area (Å²) in [4.78, 5) is 26.0. The highest BCUT2D eigenvalue weighted by molar-refractivity contribution is 9.10. The Hall–Kier alpha value is -1.54. The minimum atomic E-state index is -4.60. The number of hydrogen-bond donors (Lipinski definition) is 1. The van der Waals surface area contributed by atoms with Gasteiger partial charge >= 0.3 is 6.18 Å². The topological polar surface area (TPSA) is 46.2 Å². The molecule has 2 aromatic carbocycles. The Labute approximate surface area is 243 Å². The molecule has 0 saturated heterocycles. The number of nitrogens with one attached hydrogen (secondary N) is 1. The maximum Gasteiger partial charge on any atom is 0.399 e. The number of allylic oxidation sites excluding steroid dienone is 1. The summed E-state index contributed by atoms with van der Waals surface area (Å²) in [6.07, 6.45) is 4.55. The molecule has 2 aromatic rings. The first kappa shape index (κ1) is 29.4. The van der Waals surface area contributed by atoms with Crippen LogP contribution in [0.4, 0.5) is 13.2 Å². The van der Waals surface area contributed by atoms with E-state index in [0.717, 1.165) is 43.9 Å². The number of amides is 1. The standard InChI is InChI=1S/C28H26BrCl3F3NO2/c29-21-12-16(7-9-20(28(33,34)35)17-13-22(30)25(32)23(31)14-17)6-8-19(21)24(37)15-27(10-11-27)26(38)36-18-4-2-1-3-5-18/h6-9,12-14,18,20H,1-5,10-11,15H2,(H,36,38)/b9-7+. The van der Waals surface area contributed by atoms with Crippen molar-refractivity contribution >= 4 is 68.5 Å². The Kier molecular flexibility index (Phi) is 9.23. The van der Waals surface area contributed by atoms with Crippen molar-refractivity contribution in [2.24, 2.45) is 5.41 Å². The summed E-state index contributed by atoms with van der Waals surface area (Å²) in [6, 6.07) is 7.20. The van der Waals surface area contributed by atoms with Gasteiger partial charge in [-0.1, -0.05) is 88.2 Å². The first-order valence-corrected chi connectivity index (χ1v) is 14.4. The number of halogens is 7. The molecule has 2 fully saturated rings. The molecule has 0 heterocycles. The predicted octanol–water partition coefficient (Wildman–Crippen LogP) is 9.57. The lowest BCUT2D eigenvalue weighted by molar-refractivity contribution is -0.139. The molecule has 2 aliphatic rings. The number of hydrogen-bond acceptors (Lipinski definition) is 2. The zero-order chi connectivity index (χ0) is 27.7. The van der Waals surface area contributed by atoms with Crippen molar-refractivity contribution in [3.8, 4) is 0 Å². The van der Waals surface area contributed by atoms with Gasteiger partial charge in [-0.25, -0.2) is 0 Å². The molecule has 1 amide bonds. The van der Waals surface area contributed by atoms with Crippen LogP contribution in [0.3, 0.4) is 0 Å². The lowest BCUT2D eigenvalue weighted by atomic mass is 9.91. The van der Waals surface area contributed by atoms with Gasteiger partial charge in [0, 0.05) is 22.5 Å². The molecule has 10 heteroatoms. The molecule has 0 spiro atoms. The van der Waals surface area contributed by atoms with Crippen LogP contribution in [0.2, 0.25) is 15.1 Å². The van der Waals surface area contributed by atoms with Crippen LogP contribution in [0.15, 0.2) is 40.9 Å². The van der Waals surface area contributed by atoms with Gasteiger partial charge in [0.2, 0.25) is 5.91 Å². The largest absolute Gasteiger partial charge is 0.399 e. The normalized spacial score (nSPS) is 18.4. The molecule has 1 N–H and O–H groups in total. The van der Waals surface area contributed by atoms with Gasteiger partial charge in [0.05, 0.1) is 26.4 Å². The number of Topliss-reactive ketones (excluding diaryl/α,β-unsaturated/α-hetero) is 1. The molecule has 204 valence electrons. The molecule has 0 radical (unpaired) electrons. The molecular formula is C28H26BrCl3F3NO2. The highest BCUT2D eigenvalue weighted by Gasteiger charge is 2.51. The first-order valence-electron chi connectivity index (χ1n) is 12.4. The number of rotatable bonds is 8. The van der Waals surface area contributed by atoms with Crippen LogP contribution in [0.1, 0.15) is 78.8 Å². The van der Waals surface area contributed by atoms with E-state index in [9.17, 15) is 22.8 Å². The highest BCUT2D eigenvalue weighted by atomic mass is 79.9. The number of benzene rings is 2. The lowest BCUT2D eigenvalue weighted by Gasteiger charge is -2.25. The minimum Gasteiger partial charge on any atom is -0.353 e. The zero-order valence-electron chi connectivity index (χ0n) is 20.3. The number of carbonyl (C=O) groups is 2. The Bertz CT molecular complexity index is 1230. The maximum atomic E-state index is 13.8.